The highest BCUT2D eigenvalue weighted by Crippen LogP contribution is 2.30. The smallest absolute Gasteiger partial charge is 0.321 e. The van der Waals surface area contributed by atoms with Gasteiger partial charge in [0, 0.05) is 13.1 Å². The van der Waals surface area contributed by atoms with E-state index in [9.17, 15) is 10.1 Å². The standard InChI is InChI=1S/C22H25N3O3/c1-22(17-23)11-13-25(14-12-22)21(26)24-19-9-5-6-10-20(19)28-16-15-27-18-7-3-2-4-8-18/h2-10H,11-16H2,1H3,(H,24,26). The van der Waals surface area contributed by atoms with Crippen molar-refractivity contribution in [3.8, 4) is 17.6 Å². The van der Waals surface area contributed by atoms with Crippen molar-refractivity contribution < 1.29 is 14.3 Å². The highest BCUT2D eigenvalue weighted by Gasteiger charge is 2.31. The molecule has 2 amide bonds. The number of piperidine rings is 1. The molecule has 0 unspecified atom stereocenters. The number of urea groups is 1. The second kappa shape index (κ2) is 9.14. The lowest BCUT2D eigenvalue weighted by molar-refractivity contribution is 0.166. The van der Waals surface area contributed by atoms with Crippen molar-refractivity contribution in [2.24, 2.45) is 5.41 Å². The van der Waals surface area contributed by atoms with Crippen molar-refractivity contribution in [1.82, 2.24) is 4.90 Å². The first-order valence-electron chi connectivity index (χ1n) is 9.46. The minimum Gasteiger partial charge on any atom is -0.490 e. The Hall–Kier alpha value is -3.20. The number of carbonyl (C=O) groups excluding carboxylic acids is 1. The van der Waals surface area contributed by atoms with E-state index < -0.39 is 0 Å². The van der Waals surface area contributed by atoms with Crippen molar-refractivity contribution in [2.75, 3.05) is 31.6 Å². The van der Waals surface area contributed by atoms with Crippen LogP contribution in [0.1, 0.15) is 19.8 Å². The van der Waals surface area contributed by atoms with E-state index in [0.717, 1.165) is 5.75 Å². The summed E-state index contributed by atoms with van der Waals surface area (Å²) in [5.41, 5.74) is 0.289. The summed E-state index contributed by atoms with van der Waals surface area (Å²) in [5, 5.41) is 12.1. The molecule has 0 bridgehead atoms. The first-order valence-corrected chi connectivity index (χ1v) is 9.46. The Morgan fingerprint density at radius 2 is 1.71 bits per heavy atom. The second-order valence-corrected chi connectivity index (χ2v) is 7.10. The molecular weight excluding hydrogens is 354 g/mol. The largest absolute Gasteiger partial charge is 0.490 e. The summed E-state index contributed by atoms with van der Waals surface area (Å²) in [5.74, 6) is 1.40. The van der Waals surface area contributed by atoms with Crippen molar-refractivity contribution in [3.63, 3.8) is 0 Å². The molecule has 1 N–H and O–H groups in total. The van der Waals surface area contributed by atoms with Crippen molar-refractivity contribution in [1.29, 1.82) is 5.26 Å². The number of para-hydroxylation sites is 3. The van der Waals surface area contributed by atoms with Crippen LogP contribution in [0.3, 0.4) is 0 Å². The fourth-order valence-corrected chi connectivity index (χ4v) is 3.03. The molecule has 0 aliphatic carbocycles. The SMILES string of the molecule is CC1(C#N)CCN(C(=O)Nc2ccccc2OCCOc2ccccc2)CC1. The molecule has 28 heavy (non-hydrogen) atoms. The molecule has 6 nitrogen and oxygen atoms in total. The van der Waals surface area contributed by atoms with Crippen molar-refractivity contribution in [3.05, 3.63) is 54.6 Å². The average Bonchev–Trinajstić information content (AvgIpc) is 2.73. The number of rotatable bonds is 6. The van der Waals surface area contributed by atoms with Gasteiger partial charge in [-0.2, -0.15) is 5.26 Å². The molecule has 3 rings (SSSR count). The summed E-state index contributed by atoms with van der Waals surface area (Å²) < 4.78 is 11.4. The van der Waals surface area contributed by atoms with Gasteiger partial charge in [0.05, 0.1) is 17.2 Å². The molecule has 0 saturated carbocycles. The van der Waals surface area contributed by atoms with Crippen LogP contribution in [0.5, 0.6) is 11.5 Å². The number of nitrogens with zero attached hydrogens (tertiary/aromatic N) is 2. The number of ether oxygens (including phenoxy) is 2. The molecule has 1 heterocycles. The minimum atomic E-state index is -0.337. The summed E-state index contributed by atoms with van der Waals surface area (Å²) in [6, 6.07) is 19.1. The molecule has 0 spiro atoms. The van der Waals surface area contributed by atoms with Crippen molar-refractivity contribution in [2.45, 2.75) is 19.8 Å². The van der Waals surface area contributed by atoms with Crippen LogP contribution in [0, 0.1) is 16.7 Å². The molecule has 0 aromatic heterocycles. The Morgan fingerprint density at radius 1 is 1.07 bits per heavy atom. The summed E-state index contributed by atoms with van der Waals surface area (Å²) in [4.78, 5) is 14.3. The maximum atomic E-state index is 12.6. The van der Waals surface area contributed by atoms with Gasteiger partial charge in [-0.3, -0.25) is 0 Å². The van der Waals surface area contributed by atoms with Gasteiger partial charge in [-0.1, -0.05) is 30.3 Å². The van der Waals surface area contributed by atoms with Crippen LogP contribution in [0.15, 0.2) is 54.6 Å². The second-order valence-electron chi connectivity index (χ2n) is 7.10. The maximum Gasteiger partial charge on any atom is 0.321 e. The van der Waals surface area contributed by atoms with Gasteiger partial charge in [-0.25, -0.2) is 4.79 Å². The Bertz CT molecular complexity index is 824. The van der Waals surface area contributed by atoms with E-state index in [0.29, 0.717) is 50.6 Å². The first kappa shape index (κ1) is 19.6. The summed E-state index contributed by atoms with van der Waals surface area (Å²) >= 11 is 0. The topological polar surface area (TPSA) is 74.6 Å². The van der Waals surface area contributed by atoms with Gasteiger partial charge in [0.1, 0.15) is 24.7 Å². The van der Waals surface area contributed by atoms with Crippen LogP contribution < -0.4 is 14.8 Å². The van der Waals surface area contributed by atoms with E-state index in [1.54, 1.807) is 4.90 Å². The van der Waals surface area contributed by atoms with Crippen LogP contribution in [-0.4, -0.2) is 37.2 Å². The van der Waals surface area contributed by atoms with Crippen LogP contribution in [-0.2, 0) is 0 Å². The van der Waals surface area contributed by atoms with Crippen molar-refractivity contribution >= 4 is 11.7 Å². The van der Waals surface area contributed by atoms with E-state index in [1.165, 1.54) is 0 Å². The Kier molecular flexibility index (Phi) is 6.38. The van der Waals surface area contributed by atoms with Crippen LogP contribution >= 0.6 is 0 Å². The zero-order valence-electron chi connectivity index (χ0n) is 16.1. The van der Waals surface area contributed by atoms with Gasteiger partial charge < -0.3 is 19.7 Å². The van der Waals surface area contributed by atoms with E-state index >= 15 is 0 Å². The van der Waals surface area contributed by atoms with Gasteiger partial charge in [-0.05, 0) is 44.0 Å². The summed E-state index contributed by atoms with van der Waals surface area (Å²) in [6.07, 6.45) is 1.37. The zero-order chi connectivity index (χ0) is 19.8. The number of benzene rings is 2. The highest BCUT2D eigenvalue weighted by molar-refractivity contribution is 5.91. The molecule has 0 radical (unpaired) electrons. The van der Waals surface area contributed by atoms with E-state index in [1.807, 2.05) is 61.5 Å². The third kappa shape index (κ3) is 5.17. The quantitative estimate of drug-likeness (QED) is 0.759. The normalized spacial score (nSPS) is 15.4. The molecule has 1 fully saturated rings. The average molecular weight is 379 g/mol. The third-order valence-corrected chi connectivity index (χ3v) is 4.91. The predicted molar refractivity (Wildman–Crippen MR) is 107 cm³/mol. The van der Waals surface area contributed by atoms with Gasteiger partial charge >= 0.3 is 6.03 Å². The van der Waals surface area contributed by atoms with E-state index in [4.69, 9.17) is 9.47 Å². The minimum absolute atomic E-state index is 0.170. The molecule has 146 valence electrons. The predicted octanol–water partition coefficient (Wildman–Crippen LogP) is 4.30. The Morgan fingerprint density at radius 3 is 2.43 bits per heavy atom. The number of hydrogen-bond donors (Lipinski definition) is 1. The lowest BCUT2D eigenvalue weighted by atomic mass is 9.82. The molecule has 6 heteroatoms. The third-order valence-electron chi connectivity index (χ3n) is 4.91. The number of hydrogen-bond acceptors (Lipinski definition) is 4. The van der Waals surface area contributed by atoms with Gasteiger partial charge in [0.15, 0.2) is 0 Å². The number of nitrogens with one attached hydrogen (secondary N) is 1. The van der Waals surface area contributed by atoms with Crippen LogP contribution in [0.2, 0.25) is 0 Å². The van der Waals surface area contributed by atoms with E-state index in [2.05, 4.69) is 11.4 Å². The number of anilines is 1. The number of nitriles is 1. The summed E-state index contributed by atoms with van der Waals surface area (Å²) in [6.45, 7) is 3.87. The Balaban J connectivity index is 1.51. The number of amides is 2. The molecule has 1 saturated heterocycles. The molecule has 2 aromatic rings. The number of likely N-dealkylation sites (tertiary alicyclic amines) is 1. The fourth-order valence-electron chi connectivity index (χ4n) is 3.03. The molecule has 1 aliphatic heterocycles. The fraction of sp³-hybridized carbons (Fsp3) is 0.364. The molecule has 0 atom stereocenters. The number of carbonyl (C=O) groups is 1. The van der Waals surface area contributed by atoms with Crippen LogP contribution in [0.4, 0.5) is 10.5 Å². The zero-order valence-corrected chi connectivity index (χ0v) is 16.1. The summed E-state index contributed by atoms with van der Waals surface area (Å²) in [7, 11) is 0. The maximum absolute atomic E-state index is 12.6. The monoisotopic (exact) mass is 379 g/mol. The lowest BCUT2D eigenvalue weighted by Gasteiger charge is -2.34. The first-order chi connectivity index (χ1) is 13.6. The van der Waals surface area contributed by atoms with Gasteiger partial charge in [-0.15, -0.1) is 0 Å². The highest BCUT2D eigenvalue weighted by atomic mass is 16.5. The van der Waals surface area contributed by atoms with E-state index in [-0.39, 0.29) is 11.4 Å². The lowest BCUT2D eigenvalue weighted by Crippen LogP contribution is -2.43. The molecular formula is C22H25N3O3. The molecule has 2 aromatic carbocycles. The molecule has 1 aliphatic rings. The van der Waals surface area contributed by atoms with Gasteiger partial charge in [0.2, 0.25) is 0 Å². The van der Waals surface area contributed by atoms with Gasteiger partial charge in [0.25, 0.3) is 0 Å². The van der Waals surface area contributed by atoms with Crippen LogP contribution in [0.25, 0.3) is 0 Å². The Labute approximate surface area is 165 Å².